The average molecular weight is 391 g/mol. The molecule has 0 spiro atoms. The Morgan fingerprint density at radius 1 is 1.00 bits per heavy atom. The number of para-hydroxylation sites is 2. The van der Waals surface area contributed by atoms with Gasteiger partial charge in [-0.25, -0.2) is 9.78 Å². The van der Waals surface area contributed by atoms with Gasteiger partial charge in [0.1, 0.15) is 6.33 Å². The number of imidazole rings is 1. The van der Waals surface area contributed by atoms with E-state index in [0.29, 0.717) is 5.69 Å². The molecule has 0 unspecified atom stereocenters. The highest BCUT2D eigenvalue weighted by molar-refractivity contribution is 5.94. The van der Waals surface area contributed by atoms with Gasteiger partial charge in [0.05, 0.1) is 17.6 Å². The van der Waals surface area contributed by atoms with Crippen LogP contribution in [-0.2, 0) is 4.79 Å². The van der Waals surface area contributed by atoms with Gasteiger partial charge in [-0.3, -0.25) is 9.36 Å². The Morgan fingerprint density at radius 3 is 2.55 bits per heavy atom. The highest BCUT2D eigenvalue weighted by atomic mass is 16.2. The summed E-state index contributed by atoms with van der Waals surface area (Å²) in [5, 5.41) is 8.37. The summed E-state index contributed by atoms with van der Waals surface area (Å²) in [7, 11) is 0. The number of urea groups is 1. The van der Waals surface area contributed by atoms with Gasteiger partial charge in [0.2, 0.25) is 5.91 Å². The van der Waals surface area contributed by atoms with Crippen LogP contribution < -0.4 is 16.0 Å². The first-order chi connectivity index (χ1) is 14.2. The zero-order valence-corrected chi connectivity index (χ0v) is 16.2. The number of anilines is 1. The lowest BCUT2D eigenvalue weighted by Gasteiger charge is -2.22. The summed E-state index contributed by atoms with van der Waals surface area (Å²) in [5.74, 6) is -0.260. The van der Waals surface area contributed by atoms with E-state index in [2.05, 4.69) is 20.9 Å². The van der Waals surface area contributed by atoms with Gasteiger partial charge < -0.3 is 16.0 Å². The van der Waals surface area contributed by atoms with E-state index < -0.39 is 0 Å². The number of rotatable bonds is 5. The molecule has 3 N–H and O–H groups in total. The second-order valence-electron chi connectivity index (χ2n) is 7.36. The second-order valence-corrected chi connectivity index (χ2v) is 7.36. The minimum absolute atomic E-state index is 0.0630. The fourth-order valence-corrected chi connectivity index (χ4v) is 3.72. The van der Waals surface area contributed by atoms with Crippen molar-refractivity contribution in [2.75, 3.05) is 11.9 Å². The number of carbonyl (C=O) groups excluding carboxylic acids is 2. The maximum Gasteiger partial charge on any atom is 0.315 e. The SMILES string of the molecule is O=C(CNC(=O)NC1CCCCC1)Nc1ccc(-n2cnc3ccccc32)cc1. The molecule has 0 saturated heterocycles. The lowest BCUT2D eigenvalue weighted by molar-refractivity contribution is -0.115. The van der Waals surface area contributed by atoms with Gasteiger partial charge in [0, 0.05) is 17.4 Å². The summed E-state index contributed by atoms with van der Waals surface area (Å²) in [6, 6.07) is 15.4. The number of carbonyl (C=O) groups is 2. The van der Waals surface area contributed by atoms with E-state index >= 15 is 0 Å². The van der Waals surface area contributed by atoms with Gasteiger partial charge >= 0.3 is 6.03 Å². The first-order valence-corrected chi connectivity index (χ1v) is 10.1. The van der Waals surface area contributed by atoms with Crippen molar-refractivity contribution in [3.63, 3.8) is 0 Å². The van der Waals surface area contributed by atoms with E-state index in [1.165, 1.54) is 6.42 Å². The number of nitrogens with one attached hydrogen (secondary N) is 3. The van der Waals surface area contributed by atoms with Crippen LogP contribution in [0.5, 0.6) is 0 Å². The fraction of sp³-hybridized carbons (Fsp3) is 0.318. The summed E-state index contributed by atoms with van der Waals surface area (Å²) in [4.78, 5) is 28.5. The molecule has 150 valence electrons. The summed E-state index contributed by atoms with van der Waals surface area (Å²) in [6.45, 7) is -0.0630. The zero-order chi connectivity index (χ0) is 20.1. The number of fused-ring (bicyclic) bond motifs is 1. The highest BCUT2D eigenvalue weighted by Gasteiger charge is 2.15. The van der Waals surface area contributed by atoms with Crippen molar-refractivity contribution >= 4 is 28.7 Å². The third-order valence-corrected chi connectivity index (χ3v) is 5.23. The van der Waals surface area contributed by atoms with E-state index in [0.717, 1.165) is 42.4 Å². The number of benzene rings is 2. The third-order valence-electron chi connectivity index (χ3n) is 5.23. The van der Waals surface area contributed by atoms with Crippen molar-refractivity contribution in [3.8, 4) is 5.69 Å². The molecule has 7 nitrogen and oxygen atoms in total. The minimum atomic E-state index is -0.283. The molecule has 1 saturated carbocycles. The Balaban J connectivity index is 1.29. The molecular formula is C22H25N5O2. The number of hydrogen-bond acceptors (Lipinski definition) is 3. The van der Waals surface area contributed by atoms with Crippen molar-refractivity contribution in [1.82, 2.24) is 20.2 Å². The number of nitrogens with zero attached hydrogens (tertiary/aromatic N) is 2. The zero-order valence-electron chi connectivity index (χ0n) is 16.2. The van der Waals surface area contributed by atoms with Crippen molar-refractivity contribution in [3.05, 3.63) is 54.9 Å². The van der Waals surface area contributed by atoms with Crippen LogP contribution in [0.1, 0.15) is 32.1 Å². The quantitative estimate of drug-likeness (QED) is 0.621. The molecule has 2 aromatic carbocycles. The average Bonchev–Trinajstić information content (AvgIpc) is 3.18. The first-order valence-electron chi connectivity index (χ1n) is 10.1. The highest BCUT2D eigenvalue weighted by Crippen LogP contribution is 2.19. The van der Waals surface area contributed by atoms with Crippen LogP contribution in [0, 0.1) is 0 Å². The topological polar surface area (TPSA) is 88.0 Å². The van der Waals surface area contributed by atoms with E-state index in [4.69, 9.17) is 0 Å². The summed E-state index contributed by atoms with van der Waals surface area (Å²) < 4.78 is 2.00. The molecular weight excluding hydrogens is 366 g/mol. The van der Waals surface area contributed by atoms with E-state index in [1.807, 2.05) is 53.1 Å². The Labute approximate surface area is 169 Å². The fourth-order valence-electron chi connectivity index (χ4n) is 3.72. The lowest BCUT2D eigenvalue weighted by atomic mass is 9.96. The molecule has 1 aliphatic carbocycles. The van der Waals surface area contributed by atoms with Gasteiger partial charge in [-0.2, -0.15) is 0 Å². The van der Waals surface area contributed by atoms with Crippen LogP contribution in [0.25, 0.3) is 16.7 Å². The molecule has 7 heteroatoms. The standard InChI is InChI=1S/C22H25N5O2/c28-21(14-23-22(29)26-16-6-2-1-3-7-16)25-17-10-12-18(13-11-17)27-15-24-19-8-4-5-9-20(19)27/h4-5,8-13,15-16H,1-3,6-7,14H2,(H,25,28)(H2,23,26,29). The summed E-state index contributed by atoms with van der Waals surface area (Å²) >= 11 is 0. The Bertz CT molecular complexity index is 990. The van der Waals surface area contributed by atoms with E-state index in [-0.39, 0.29) is 24.5 Å². The van der Waals surface area contributed by atoms with Crippen LogP contribution in [0.2, 0.25) is 0 Å². The largest absolute Gasteiger partial charge is 0.335 e. The maximum atomic E-state index is 12.1. The van der Waals surface area contributed by atoms with Gasteiger partial charge in [-0.15, -0.1) is 0 Å². The van der Waals surface area contributed by atoms with Gasteiger partial charge in [0.25, 0.3) is 0 Å². The maximum absolute atomic E-state index is 12.1. The molecule has 1 heterocycles. The van der Waals surface area contributed by atoms with Gasteiger partial charge in [0.15, 0.2) is 0 Å². The van der Waals surface area contributed by atoms with Crippen molar-refractivity contribution in [2.45, 2.75) is 38.1 Å². The molecule has 29 heavy (non-hydrogen) atoms. The lowest BCUT2D eigenvalue weighted by Crippen LogP contribution is -2.45. The third kappa shape index (κ3) is 4.74. The molecule has 0 atom stereocenters. The smallest absolute Gasteiger partial charge is 0.315 e. The monoisotopic (exact) mass is 391 g/mol. The normalized spacial score (nSPS) is 14.5. The number of amides is 3. The molecule has 3 aromatic rings. The molecule has 3 amide bonds. The van der Waals surface area contributed by atoms with Crippen LogP contribution in [-0.4, -0.2) is 34.1 Å². The van der Waals surface area contributed by atoms with Gasteiger partial charge in [-0.1, -0.05) is 31.4 Å². The van der Waals surface area contributed by atoms with Gasteiger partial charge in [-0.05, 0) is 49.2 Å². The van der Waals surface area contributed by atoms with E-state index in [1.54, 1.807) is 6.33 Å². The van der Waals surface area contributed by atoms with E-state index in [9.17, 15) is 9.59 Å². The number of aromatic nitrogens is 2. The molecule has 1 aliphatic rings. The molecule has 1 fully saturated rings. The van der Waals surface area contributed by atoms with Crippen LogP contribution in [0.15, 0.2) is 54.9 Å². The predicted octanol–water partition coefficient (Wildman–Crippen LogP) is 3.60. The van der Waals surface area contributed by atoms with Crippen LogP contribution >= 0.6 is 0 Å². The Hall–Kier alpha value is -3.35. The molecule has 0 radical (unpaired) electrons. The second kappa shape index (κ2) is 8.77. The first kappa shape index (κ1) is 19.0. The summed E-state index contributed by atoms with van der Waals surface area (Å²) in [6.07, 6.45) is 7.34. The number of hydrogen-bond donors (Lipinski definition) is 3. The predicted molar refractivity (Wildman–Crippen MR) is 113 cm³/mol. The molecule has 4 rings (SSSR count). The van der Waals surface area contributed by atoms with Crippen molar-refractivity contribution < 1.29 is 9.59 Å². The van der Waals surface area contributed by atoms with Crippen molar-refractivity contribution in [2.24, 2.45) is 0 Å². The molecule has 0 aliphatic heterocycles. The summed E-state index contributed by atoms with van der Waals surface area (Å²) in [5.41, 5.74) is 3.60. The molecule has 1 aromatic heterocycles. The Kier molecular flexibility index (Phi) is 5.74. The molecule has 0 bridgehead atoms. The minimum Gasteiger partial charge on any atom is -0.335 e. The Morgan fingerprint density at radius 2 is 1.76 bits per heavy atom. The van der Waals surface area contributed by atoms with Crippen molar-refractivity contribution in [1.29, 1.82) is 0 Å². The van der Waals surface area contributed by atoms with Crippen LogP contribution in [0.4, 0.5) is 10.5 Å². The van der Waals surface area contributed by atoms with Crippen LogP contribution in [0.3, 0.4) is 0 Å².